The summed E-state index contributed by atoms with van der Waals surface area (Å²) < 4.78 is 27.5. The predicted octanol–water partition coefficient (Wildman–Crippen LogP) is 4.48. The van der Waals surface area contributed by atoms with Crippen molar-refractivity contribution in [1.82, 2.24) is 0 Å². The van der Waals surface area contributed by atoms with Gasteiger partial charge in [0.2, 0.25) is 0 Å². The van der Waals surface area contributed by atoms with Gasteiger partial charge in [0.15, 0.2) is 0 Å². The summed E-state index contributed by atoms with van der Waals surface area (Å²) in [5, 5.41) is 0. The molecule has 3 nitrogen and oxygen atoms in total. The zero-order valence-electron chi connectivity index (χ0n) is 13.6. The van der Waals surface area contributed by atoms with Gasteiger partial charge in [0, 0.05) is 5.69 Å². The van der Waals surface area contributed by atoms with Crippen LogP contribution in [0.1, 0.15) is 43.4 Å². The number of sulfonamides is 1. The highest BCUT2D eigenvalue weighted by Gasteiger charge is 2.14. The molecule has 0 atom stereocenters. The Hall–Kier alpha value is -1.81. The monoisotopic (exact) mass is 317 g/mol. The fraction of sp³-hybridized carbons (Fsp3) is 0.333. The summed E-state index contributed by atoms with van der Waals surface area (Å²) in [5.74, 6) is 0.423. The second kappa shape index (κ2) is 6.53. The molecule has 0 heterocycles. The van der Waals surface area contributed by atoms with Crippen molar-refractivity contribution >= 4 is 15.7 Å². The lowest BCUT2D eigenvalue weighted by Crippen LogP contribution is -2.13. The third kappa shape index (κ3) is 3.69. The number of nitrogens with one attached hydrogen (secondary N) is 1. The fourth-order valence-corrected chi connectivity index (χ4v) is 3.55. The topological polar surface area (TPSA) is 46.2 Å². The summed E-state index contributed by atoms with van der Waals surface area (Å²) in [7, 11) is -3.54. The average Bonchev–Trinajstić information content (AvgIpc) is 2.46. The Balaban J connectivity index is 2.26. The Bertz CT molecular complexity index is 747. The minimum absolute atomic E-state index is 0.287. The highest BCUT2D eigenvalue weighted by atomic mass is 32.2. The molecule has 0 saturated carbocycles. The fourth-order valence-electron chi connectivity index (χ4n) is 2.51. The molecule has 22 heavy (non-hydrogen) atoms. The molecule has 0 aromatic heterocycles. The highest BCUT2D eigenvalue weighted by Crippen LogP contribution is 2.24. The summed E-state index contributed by atoms with van der Waals surface area (Å²) in [6.07, 6.45) is 0.892. The zero-order chi connectivity index (χ0) is 16.3. The molecule has 2 rings (SSSR count). The molecule has 0 spiro atoms. The van der Waals surface area contributed by atoms with Crippen molar-refractivity contribution in [3.05, 3.63) is 59.2 Å². The largest absolute Gasteiger partial charge is 0.280 e. The van der Waals surface area contributed by atoms with E-state index in [1.54, 1.807) is 12.1 Å². The number of hydrogen-bond donors (Lipinski definition) is 1. The van der Waals surface area contributed by atoms with E-state index < -0.39 is 10.0 Å². The van der Waals surface area contributed by atoms with E-state index >= 15 is 0 Å². The van der Waals surface area contributed by atoms with E-state index in [0.717, 1.165) is 17.5 Å². The summed E-state index contributed by atoms with van der Waals surface area (Å²) in [4.78, 5) is 0.287. The molecule has 4 heteroatoms. The average molecular weight is 317 g/mol. The van der Waals surface area contributed by atoms with Gasteiger partial charge in [0.05, 0.1) is 4.90 Å². The lowest BCUT2D eigenvalue weighted by atomic mass is 9.98. The molecule has 0 bridgehead atoms. The smallest absolute Gasteiger partial charge is 0.261 e. The van der Waals surface area contributed by atoms with Gasteiger partial charge >= 0.3 is 0 Å². The van der Waals surface area contributed by atoms with Crippen LogP contribution in [0.15, 0.2) is 47.4 Å². The Morgan fingerprint density at radius 1 is 1.05 bits per heavy atom. The minimum atomic E-state index is -3.54. The number of anilines is 1. The number of rotatable bonds is 5. The Morgan fingerprint density at radius 3 is 2.18 bits per heavy atom. The van der Waals surface area contributed by atoms with E-state index in [9.17, 15) is 8.42 Å². The maximum Gasteiger partial charge on any atom is 0.261 e. The van der Waals surface area contributed by atoms with E-state index in [-0.39, 0.29) is 4.90 Å². The van der Waals surface area contributed by atoms with E-state index in [2.05, 4.69) is 18.6 Å². The van der Waals surface area contributed by atoms with Gasteiger partial charge in [-0.25, -0.2) is 8.42 Å². The molecule has 0 aliphatic heterocycles. The molecule has 0 saturated heterocycles. The van der Waals surface area contributed by atoms with Gasteiger partial charge in [-0.15, -0.1) is 0 Å². The predicted molar refractivity (Wildman–Crippen MR) is 91.9 cm³/mol. The van der Waals surface area contributed by atoms with Crippen molar-refractivity contribution in [2.75, 3.05) is 4.72 Å². The maximum absolute atomic E-state index is 12.4. The summed E-state index contributed by atoms with van der Waals surface area (Å²) in [6.45, 7) is 8.30. The van der Waals surface area contributed by atoms with Gasteiger partial charge in [0.25, 0.3) is 10.0 Å². The number of benzene rings is 2. The van der Waals surface area contributed by atoms with Gasteiger partial charge in [-0.05, 0) is 60.2 Å². The molecule has 0 amide bonds. The van der Waals surface area contributed by atoms with E-state index in [4.69, 9.17) is 0 Å². The molecule has 2 aromatic carbocycles. The van der Waals surface area contributed by atoms with Crippen LogP contribution >= 0.6 is 0 Å². The molecule has 1 N–H and O–H groups in total. The summed E-state index contributed by atoms with van der Waals surface area (Å²) in [5.41, 5.74) is 4.05. The maximum atomic E-state index is 12.4. The molecule has 118 valence electrons. The van der Waals surface area contributed by atoms with E-state index in [1.165, 1.54) is 5.56 Å². The molecular weight excluding hydrogens is 294 g/mol. The van der Waals surface area contributed by atoms with Crippen LogP contribution in [0.2, 0.25) is 0 Å². The van der Waals surface area contributed by atoms with Crippen molar-refractivity contribution in [3.63, 3.8) is 0 Å². The molecule has 0 aliphatic rings. The van der Waals surface area contributed by atoms with Crippen molar-refractivity contribution in [2.45, 2.75) is 44.9 Å². The van der Waals surface area contributed by atoms with Crippen molar-refractivity contribution in [2.24, 2.45) is 0 Å². The van der Waals surface area contributed by atoms with Crippen LogP contribution in [0, 0.1) is 6.92 Å². The first-order valence-electron chi connectivity index (χ1n) is 7.56. The van der Waals surface area contributed by atoms with Crippen LogP contribution < -0.4 is 4.72 Å². The van der Waals surface area contributed by atoms with Gasteiger partial charge in [0.1, 0.15) is 0 Å². The lowest BCUT2D eigenvalue weighted by molar-refractivity contribution is 0.601. The van der Waals surface area contributed by atoms with Crippen LogP contribution in [0.3, 0.4) is 0 Å². The molecule has 0 fully saturated rings. The molecular formula is C18H23NO2S. The first kappa shape index (κ1) is 16.6. The van der Waals surface area contributed by atoms with Crippen molar-refractivity contribution in [1.29, 1.82) is 0 Å². The Kier molecular flexibility index (Phi) is 4.91. The van der Waals surface area contributed by atoms with Gasteiger partial charge < -0.3 is 0 Å². The van der Waals surface area contributed by atoms with E-state index in [1.807, 2.05) is 44.2 Å². The van der Waals surface area contributed by atoms with Crippen LogP contribution in [0.4, 0.5) is 5.69 Å². The normalized spacial score (nSPS) is 11.7. The van der Waals surface area contributed by atoms with E-state index in [0.29, 0.717) is 11.6 Å². The van der Waals surface area contributed by atoms with Gasteiger partial charge in [-0.2, -0.15) is 0 Å². The Morgan fingerprint density at radius 2 is 1.68 bits per heavy atom. The SMILES string of the molecule is CCc1ccc(S(=O)(=O)Nc2ccc(C(C)C)c(C)c2)cc1. The minimum Gasteiger partial charge on any atom is -0.280 e. The van der Waals surface area contributed by atoms with Crippen molar-refractivity contribution in [3.8, 4) is 0 Å². The summed E-state index contributed by atoms with van der Waals surface area (Å²) >= 11 is 0. The first-order valence-corrected chi connectivity index (χ1v) is 9.04. The molecule has 0 unspecified atom stereocenters. The number of hydrogen-bond acceptors (Lipinski definition) is 2. The second-order valence-electron chi connectivity index (χ2n) is 5.83. The number of aryl methyl sites for hydroxylation is 2. The van der Waals surface area contributed by atoms with Crippen LogP contribution in [0.25, 0.3) is 0 Å². The highest BCUT2D eigenvalue weighted by molar-refractivity contribution is 7.92. The Labute approximate surface area is 133 Å². The third-order valence-corrected chi connectivity index (χ3v) is 5.18. The van der Waals surface area contributed by atoms with Crippen LogP contribution in [-0.2, 0) is 16.4 Å². The quantitative estimate of drug-likeness (QED) is 0.883. The van der Waals surface area contributed by atoms with Crippen molar-refractivity contribution < 1.29 is 8.42 Å². The van der Waals surface area contributed by atoms with Crippen LogP contribution in [0.5, 0.6) is 0 Å². The molecule has 0 radical (unpaired) electrons. The standard InChI is InChI=1S/C18H23NO2S/c1-5-15-6-9-17(10-7-15)22(20,21)19-16-8-11-18(13(2)3)14(4)12-16/h6-13,19H,5H2,1-4H3. The summed E-state index contributed by atoms with van der Waals surface area (Å²) in [6, 6.07) is 12.7. The third-order valence-electron chi connectivity index (χ3n) is 3.79. The van der Waals surface area contributed by atoms with Crippen LogP contribution in [-0.4, -0.2) is 8.42 Å². The second-order valence-corrected chi connectivity index (χ2v) is 7.51. The zero-order valence-corrected chi connectivity index (χ0v) is 14.4. The first-order chi connectivity index (χ1) is 10.3. The lowest BCUT2D eigenvalue weighted by Gasteiger charge is -2.13. The molecule has 0 aliphatic carbocycles. The molecule has 2 aromatic rings. The van der Waals surface area contributed by atoms with Gasteiger partial charge in [-0.3, -0.25) is 4.72 Å². The van der Waals surface area contributed by atoms with Gasteiger partial charge in [-0.1, -0.05) is 39.0 Å².